The molecule has 0 aliphatic carbocycles. The van der Waals surface area contributed by atoms with E-state index in [-0.39, 0.29) is 36.2 Å². The Kier molecular flexibility index (Phi) is 6.96. The fourth-order valence-electron chi connectivity index (χ4n) is 4.26. The summed E-state index contributed by atoms with van der Waals surface area (Å²) in [6.07, 6.45) is -0.205. The fourth-order valence-corrected chi connectivity index (χ4v) is 6.45. The van der Waals surface area contributed by atoms with E-state index in [9.17, 15) is 13.2 Å². The normalized spacial score (nSPS) is 21.4. The number of hydrogen-bond acceptors (Lipinski definition) is 6. The molecule has 1 N–H and O–H groups in total. The van der Waals surface area contributed by atoms with Crippen LogP contribution in [-0.4, -0.2) is 35.6 Å². The van der Waals surface area contributed by atoms with E-state index >= 15 is 8.78 Å². The summed E-state index contributed by atoms with van der Waals surface area (Å²) in [4.78, 5) is 11.3. The van der Waals surface area contributed by atoms with Crippen LogP contribution in [0.4, 0.5) is 8.78 Å². The van der Waals surface area contributed by atoms with Crippen LogP contribution in [0.5, 0.6) is 0 Å². The number of aromatic nitrogens is 2. The number of H-pyrrole nitrogens is 1. The standard InChI is InChI=1S/C23H25F2N3O5S/c1-3-32-21(22-26-27-23(29)33-22)17-12-18(24)16(11-19(17)25)13-28-14(2)9-10-20(34(28,30)31)15-7-5-4-6-8-15/h4-8,11-12,14,20-21H,3,9-10,13H2,1-2H3,(H,27,29)/t14-,20+,21-/m0/s1. The lowest BCUT2D eigenvalue weighted by Crippen LogP contribution is -2.44. The van der Waals surface area contributed by atoms with Crippen LogP contribution >= 0.6 is 0 Å². The van der Waals surface area contributed by atoms with Crippen LogP contribution in [0.2, 0.25) is 0 Å². The van der Waals surface area contributed by atoms with Crippen molar-refractivity contribution in [3.8, 4) is 0 Å². The number of halogens is 2. The van der Waals surface area contributed by atoms with Crippen molar-refractivity contribution in [1.29, 1.82) is 0 Å². The van der Waals surface area contributed by atoms with E-state index in [1.165, 1.54) is 4.31 Å². The van der Waals surface area contributed by atoms with Crippen LogP contribution in [0.3, 0.4) is 0 Å². The third kappa shape index (κ3) is 4.68. The number of aromatic amines is 1. The minimum Gasteiger partial charge on any atom is -0.389 e. The van der Waals surface area contributed by atoms with Crippen molar-refractivity contribution in [2.75, 3.05) is 6.61 Å². The molecule has 1 aliphatic heterocycles. The molecule has 0 spiro atoms. The number of ether oxygens (including phenoxy) is 1. The highest BCUT2D eigenvalue weighted by atomic mass is 32.2. The van der Waals surface area contributed by atoms with Gasteiger partial charge >= 0.3 is 5.76 Å². The van der Waals surface area contributed by atoms with E-state index in [0.717, 1.165) is 12.1 Å². The first-order valence-corrected chi connectivity index (χ1v) is 12.4. The van der Waals surface area contributed by atoms with E-state index in [2.05, 4.69) is 10.2 Å². The lowest BCUT2D eigenvalue weighted by atomic mass is 10.0. The Morgan fingerprint density at radius 3 is 2.59 bits per heavy atom. The molecule has 1 aromatic heterocycles. The Bertz CT molecular complexity index is 1310. The van der Waals surface area contributed by atoms with E-state index in [4.69, 9.17) is 9.15 Å². The predicted molar refractivity (Wildman–Crippen MR) is 119 cm³/mol. The SMILES string of the molecule is CCO[C@H](c1n[nH]c(=O)o1)c1cc(F)c(CN2[C@@H](C)CC[C@H](c3ccccc3)S2(=O)=O)cc1F. The summed E-state index contributed by atoms with van der Waals surface area (Å²) in [5, 5.41) is 4.98. The zero-order valence-corrected chi connectivity index (χ0v) is 19.5. The van der Waals surface area contributed by atoms with Crippen molar-refractivity contribution in [3.63, 3.8) is 0 Å². The largest absolute Gasteiger partial charge is 0.434 e. The Morgan fingerprint density at radius 2 is 1.94 bits per heavy atom. The monoisotopic (exact) mass is 493 g/mol. The average Bonchev–Trinajstić information content (AvgIpc) is 3.23. The van der Waals surface area contributed by atoms with E-state index in [1.807, 2.05) is 6.07 Å². The first-order chi connectivity index (χ1) is 16.2. The highest BCUT2D eigenvalue weighted by molar-refractivity contribution is 7.89. The molecule has 0 amide bonds. The molecule has 1 fully saturated rings. The first kappa shape index (κ1) is 24.2. The maximum atomic E-state index is 15.1. The smallest absolute Gasteiger partial charge is 0.389 e. The van der Waals surface area contributed by atoms with Crippen LogP contribution in [0.1, 0.15) is 60.6 Å². The third-order valence-corrected chi connectivity index (χ3v) is 8.35. The van der Waals surface area contributed by atoms with Gasteiger partial charge in [0.2, 0.25) is 10.0 Å². The number of nitrogens with zero attached hydrogens (tertiary/aromatic N) is 2. The van der Waals surface area contributed by atoms with Crippen LogP contribution in [0.25, 0.3) is 0 Å². The number of sulfonamides is 1. The highest BCUT2D eigenvalue weighted by Crippen LogP contribution is 2.38. The van der Waals surface area contributed by atoms with Gasteiger partial charge in [0.15, 0.2) is 6.10 Å². The molecule has 0 saturated carbocycles. The molecular formula is C23H25F2N3O5S. The lowest BCUT2D eigenvalue weighted by molar-refractivity contribution is 0.0676. The number of rotatable bonds is 7. The predicted octanol–water partition coefficient (Wildman–Crippen LogP) is 3.82. The molecule has 0 radical (unpaired) electrons. The molecule has 3 atom stereocenters. The van der Waals surface area contributed by atoms with E-state index in [1.54, 1.807) is 38.1 Å². The molecular weight excluding hydrogens is 468 g/mol. The second-order valence-corrected chi connectivity index (χ2v) is 10.2. The van der Waals surface area contributed by atoms with Crippen molar-refractivity contribution in [3.05, 3.63) is 87.2 Å². The van der Waals surface area contributed by atoms with Gasteiger partial charge in [-0.05, 0) is 44.4 Å². The van der Waals surface area contributed by atoms with Gasteiger partial charge in [0.1, 0.15) is 16.9 Å². The van der Waals surface area contributed by atoms with Crippen LogP contribution < -0.4 is 5.76 Å². The van der Waals surface area contributed by atoms with Gasteiger partial charge in [0.25, 0.3) is 5.89 Å². The summed E-state index contributed by atoms with van der Waals surface area (Å²) >= 11 is 0. The molecule has 11 heteroatoms. The maximum absolute atomic E-state index is 15.1. The zero-order valence-electron chi connectivity index (χ0n) is 18.7. The summed E-state index contributed by atoms with van der Waals surface area (Å²) in [7, 11) is -3.81. The van der Waals surface area contributed by atoms with Crippen molar-refractivity contribution >= 4 is 10.0 Å². The van der Waals surface area contributed by atoms with Crippen LogP contribution in [0, 0.1) is 11.6 Å². The molecule has 4 rings (SSSR count). The van der Waals surface area contributed by atoms with Gasteiger partial charge in [0.05, 0.1) is 0 Å². The summed E-state index contributed by atoms with van der Waals surface area (Å²) in [6, 6.07) is 10.4. The average molecular weight is 494 g/mol. The van der Waals surface area contributed by atoms with E-state index < -0.39 is 38.8 Å². The Hall–Kier alpha value is -2.89. The Morgan fingerprint density at radius 1 is 1.21 bits per heavy atom. The molecule has 1 saturated heterocycles. The van der Waals surface area contributed by atoms with Gasteiger partial charge in [0, 0.05) is 30.3 Å². The summed E-state index contributed by atoms with van der Waals surface area (Å²) in [5.74, 6) is -2.73. The molecule has 182 valence electrons. The molecule has 2 aromatic carbocycles. The van der Waals surface area contributed by atoms with Gasteiger partial charge in [-0.15, -0.1) is 5.10 Å². The van der Waals surface area contributed by atoms with Gasteiger partial charge < -0.3 is 9.15 Å². The molecule has 2 heterocycles. The second kappa shape index (κ2) is 9.77. The summed E-state index contributed by atoms with van der Waals surface area (Å²) < 4.78 is 68.6. The van der Waals surface area contributed by atoms with Gasteiger partial charge in [-0.3, -0.25) is 0 Å². The Balaban J connectivity index is 1.66. The highest BCUT2D eigenvalue weighted by Gasteiger charge is 2.41. The lowest BCUT2D eigenvalue weighted by Gasteiger charge is -2.37. The summed E-state index contributed by atoms with van der Waals surface area (Å²) in [5.41, 5.74) is 0.348. The summed E-state index contributed by atoms with van der Waals surface area (Å²) in [6.45, 7) is 3.21. The van der Waals surface area contributed by atoms with Crippen LogP contribution in [-0.2, 0) is 21.3 Å². The second-order valence-electron chi connectivity index (χ2n) is 8.17. The minimum atomic E-state index is -3.81. The topological polar surface area (TPSA) is 106 Å². The maximum Gasteiger partial charge on any atom is 0.434 e. The molecule has 1 aliphatic rings. The fraction of sp³-hybridized carbons (Fsp3) is 0.391. The van der Waals surface area contributed by atoms with Crippen molar-refractivity contribution in [1.82, 2.24) is 14.5 Å². The third-order valence-electron chi connectivity index (χ3n) is 5.98. The van der Waals surface area contributed by atoms with Crippen molar-refractivity contribution in [2.24, 2.45) is 0 Å². The van der Waals surface area contributed by atoms with Crippen LogP contribution in [0.15, 0.2) is 51.7 Å². The van der Waals surface area contributed by atoms with E-state index in [0.29, 0.717) is 18.4 Å². The van der Waals surface area contributed by atoms with Gasteiger partial charge in [-0.25, -0.2) is 27.1 Å². The number of benzene rings is 2. The molecule has 0 bridgehead atoms. The number of hydrogen-bond donors (Lipinski definition) is 1. The van der Waals surface area contributed by atoms with Crippen molar-refractivity contribution < 1.29 is 26.4 Å². The first-order valence-electron chi connectivity index (χ1n) is 10.9. The van der Waals surface area contributed by atoms with Gasteiger partial charge in [-0.2, -0.15) is 4.31 Å². The quantitative estimate of drug-likeness (QED) is 0.537. The van der Waals surface area contributed by atoms with Gasteiger partial charge in [-0.1, -0.05) is 30.3 Å². The molecule has 34 heavy (non-hydrogen) atoms. The van der Waals surface area contributed by atoms with Crippen molar-refractivity contribution in [2.45, 2.75) is 50.6 Å². The Labute approximate surface area is 195 Å². The molecule has 3 aromatic rings. The minimum absolute atomic E-state index is 0.107. The molecule has 8 nitrogen and oxygen atoms in total. The molecule has 0 unspecified atom stereocenters. The zero-order chi connectivity index (χ0) is 24.5. The number of nitrogens with one attached hydrogen (secondary N) is 1.